The van der Waals surface area contributed by atoms with Crippen LogP contribution in [0.4, 0.5) is 0 Å². The third-order valence-corrected chi connectivity index (χ3v) is 7.65. The van der Waals surface area contributed by atoms with Crippen LogP contribution in [0, 0.1) is 0 Å². The molecule has 0 aromatic rings. The molecule has 24 heavy (non-hydrogen) atoms. The fourth-order valence-corrected chi connectivity index (χ4v) is 5.79. The van der Waals surface area contributed by atoms with Crippen LogP contribution in [0.25, 0.3) is 0 Å². The van der Waals surface area contributed by atoms with Crippen LogP contribution in [0.1, 0.15) is 58.3 Å². The second-order valence-electron chi connectivity index (χ2n) is 7.30. The molecule has 2 aliphatic heterocycles. The van der Waals surface area contributed by atoms with E-state index in [-0.39, 0.29) is 23.9 Å². The van der Waals surface area contributed by atoms with Crippen LogP contribution >= 0.6 is 0 Å². The van der Waals surface area contributed by atoms with Crippen LogP contribution in [0.5, 0.6) is 0 Å². The van der Waals surface area contributed by atoms with Gasteiger partial charge in [-0.1, -0.05) is 19.8 Å². The Labute approximate surface area is 145 Å². The molecular formula is C17H30N2O4S. The molecule has 138 valence electrons. The van der Waals surface area contributed by atoms with Gasteiger partial charge in [0, 0.05) is 32.1 Å². The van der Waals surface area contributed by atoms with E-state index in [1.54, 1.807) is 4.31 Å². The van der Waals surface area contributed by atoms with Crippen molar-refractivity contribution in [1.82, 2.24) is 9.21 Å². The van der Waals surface area contributed by atoms with Crippen LogP contribution in [-0.4, -0.2) is 67.2 Å². The van der Waals surface area contributed by atoms with Gasteiger partial charge < -0.3 is 9.64 Å². The zero-order valence-corrected chi connectivity index (χ0v) is 15.5. The molecule has 3 fully saturated rings. The molecule has 3 aliphatic rings. The molecule has 1 saturated carbocycles. The highest BCUT2D eigenvalue weighted by Gasteiger charge is 2.39. The summed E-state index contributed by atoms with van der Waals surface area (Å²) in [6.45, 7) is 3.73. The summed E-state index contributed by atoms with van der Waals surface area (Å²) >= 11 is 0. The largest absolute Gasteiger partial charge is 0.365 e. The minimum atomic E-state index is -3.11. The number of likely N-dealkylation sites (tertiary alicyclic amines) is 1. The Kier molecular flexibility index (Phi) is 5.82. The number of carbonyl (C=O) groups is 1. The Morgan fingerprint density at radius 2 is 1.71 bits per heavy atom. The maximum Gasteiger partial charge on any atom is 0.252 e. The Morgan fingerprint density at radius 3 is 2.33 bits per heavy atom. The number of rotatable bonds is 6. The first kappa shape index (κ1) is 18.1. The van der Waals surface area contributed by atoms with E-state index in [2.05, 4.69) is 0 Å². The van der Waals surface area contributed by atoms with E-state index >= 15 is 0 Å². The van der Waals surface area contributed by atoms with Gasteiger partial charge in [0.15, 0.2) is 0 Å². The second kappa shape index (κ2) is 7.70. The molecular weight excluding hydrogens is 328 g/mol. The van der Waals surface area contributed by atoms with Crippen molar-refractivity contribution in [2.45, 2.75) is 76.5 Å². The lowest BCUT2D eigenvalue weighted by Crippen LogP contribution is -2.44. The van der Waals surface area contributed by atoms with Crippen LogP contribution in [0.3, 0.4) is 0 Å². The van der Waals surface area contributed by atoms with E-state index in [9.17, 15) is 13.2 Å². The Hall–Kier alpha value is -0.660. The lowest BCUT2D eigenvalue weighted by atomic mass is 10.1. The number of ether oxygens (including phenoxy) is 1. The topological polar surface area (TPSA) is 66.9 Å². The molecule has 1 unspecified atom stereocenters. The minimum Gasteiger partial charge on any atom is -0.365 e. The molecule has 0 bridgehead atoms. The molecule has 7 heteroatoms. The van der Waals surface area contributed by atoms with Gasteiger partial charge in [-0.05, 0) is 32.1 Å². The molecule has 0 radical (unpaired) electrons. The van der Waals surface area contributed by atoms with Gasteiger partial charge in [0.2, 0.25) is 10.0 Å². The van der Waals surface area contributed by atoms with Gasteiger partial charge in [-0.3, -0.25) is 4.79 Å². The second-order valence-corrected chi connectivity index (χ2v) is 9.39. The van der Waals surface area contributed by atoms with Crippen LogP contribution in [0.2, 0.25) is 0 Å². The maximum absolute atomic E-state index is 12.6. The highest BCUT2D eigenvalue weighted by atomic mass is 32.2. The SMILES string of the molecule is CCCS(=O)(=O)N1CCC(OC2CCN(C3CCCC3)C2=O)CC1. The minimum absolute atomic E-state index is 0.00977. The average molecular weight is 359 g/mol. The van der Waals surface area contributed by atoms with Crippen LogP contribution < -0.4 is 0 Å². The normalized spacial score (nSPS) is 28.1. The molecule has 0 aromatic carbocycles. The van der Waals surface area contributed by atoms with Gasteiger partial charge in [-0.2, -0.15) is 0 Å². The predicted molar refractivity (Wildman–Crippen MR) is 92.1 cm³/mol. The van der Waals surface area contributed by atoms with Crippen molar-refractivity contribution in [2.75, 3.05) is 25.4 Å². The van der Waals surface area contributed by atoms with Crippen molar-refractivity contribution < 1.29 is 17.9 Å². The summed E-state index contributed by atoms with van der Waals surface area (Å²) < 4.78 is 31.8. The fourth-order valence-electron chi connectivity index (χ4n) is 4.25. The van der Waals surface area contributed by atoms with E-state index in [4.69, 9.17) is 4.74 Å². The number of hydrogen-bond donors (Lipinski definition) is 0. The molecule has 1 atom stereocenters. The third kappa shape index (κ3) is 3.94. The Balaban J connectivity index is 1.47. The van der Waals surface area contributed by atoms with Crippen molar-refractivity contribution in [3.63, 3.8) is 0 Å². The highest BCUT2D eigenvalue weighted by Crippen LogP contribution is 2.29. The maximum atomic E-state index is 12.6. The first-order chi connectivity index (χ1) is 11.5. The molecule has 0 aromatic heterocycles. The molecule has 2 heterocycles. The van der Waals surface area contributed by atoms with Crippen molar-refractivity contribution in [3.8, 4) is 0 Å². The van der Waals surface area contributed by atoms with E-state index in [0.29, 0.717) is 38.4 Å². The van der Waals surface area contributed by atoms with E-state index in [0.717, 1.165) is 25.8 Å². The number of nitrogens with zero attached hydrogens (tertiary/aromatic N) is 2. The summed E-state index contributed by atoms with van der Waals surface area (Å²) in [5, 5.41) is 0. The summed E-state index contributed by atoms with van der Waals surface area (Å²) in [6.07, 6.45) is 7.22. The van der Waals surface area contributed by atoms with Gasteiger partial charge in [-0.25, -0.2) is 12.7 Å². The van der Waals surface area contributed by atoms with E-state index in [1.807, 2.05) is 11.8 Å². The zero-order valence-electron chi connectivity index (χ0n) is 14.7. The summed E-state index contributed by atoms with van der Waals surface area (Å²) in [5.74, 6) is 0.374. The smallest absolute Gasteiger partial charge is 0.252 e. The number of amides is 1. The van der Waals surface area contributed by atoms with Gasteiger partial charge in [0.1, 0.15) is 6.10 Å². The summed E-state index contributed by atoms with van der Waals surface area (Å²) in [6, 6.07) is 0.423. The highest BCUT2D eigenvalue weighted by molar-refractivity contribution is 7.89. The van der Waals surface area contributed by atoms with Gasteiger partial charge in [0.05, 0.1) is 11.9 Å². The van der Waals surface area contributed by atoms with Gasteiger partial charge in [0.25, 0.3) is 5.91 Å². The molecule has 1 aliphatic carbocycles. The molecule has 0 spiro atoms. The standard InChI is InChI=1S/C17H30N2O4S/c1-2-13-24(21,22)18-10-7-15(8-11-18)23-16-9-12-19(17(16)20)14-5-3-4-6-14/h14-16H,2-13H2,1H3. The van der Waals surface area contributed by atoms with Crippen molar-refractivity contribution >= 4 is 15.9 Å². The molecule has 2 saturated heterocycles. The number of hydrogen-bond acceptors (Lipinski definition) is 4. The fraction of sp³-hybridized carbons (Fsp3) is 0.941. The van der Waals surface area contributed by atoms with E-state index in [1.165, 1.54) is 12.8 Å². The molecule has 6 nitrogen and oxygen atoms in total. The molecule has 1 amide bonds. The Bertz CT molecular complexity index is 537. The van der Waals surface area contributed by atoms with Crippen molar-refractivity contribution in [2.24, 2.45) is 0 Å². The number of sulfonamides is 1. The summed E-state index contributed by atoms with van der Waals surface area (Å²) in [7, 11) is -3.11. The zero-order chi connectivity index (χ0) is 17.2. The van der Waals surface area contributed by atoms with Gasteiger partial charge in [-0.15, -0.1) is 0 Å². The lowest BCUT2D eigenvalue weighted by molar-refractivity contribution is -0.143. The lowest BCUT2D eigenvalue weighted by Gasteiger charge is -2.32. The van der Waals surface area contributed by atoms with Crippen LogP contribution in [-0.2, 0) is 19.6 Å². The Morgan fingerprint density at radius 1 is 1.04 bits per heavy atom. The quantitative estimate of drug-likeness (QED) is 0.725. The van der Waals surface area contributed by atoms with Crippen molar-refractivity contribution in [1.29, 1.82) is 0 Å². The van der Waals surface area contributed by atoms with Gasteiger partial charge >= 0.3 is 0 Å². The number of piperidine rings is 1. The predicted octanol–water partition coefficient (Wildman–Crippen LogP) is 1.75. The van der Waals surface area contributed by atoms with Crippen molar-refractivity contribution in [3.05, 3.63) is 0 Å². The monoisotopic (exact) mass is 358 g/mol. The average Bonchev–Trinajstić information content (AvgIpc) is 3.19. The van der Waals surface area contributed by atoms with E-state index < -0.39 is 10.0 Å². The third-order valence-electron chi connectivity index (χ3n) is 5.57. The summed E-state index contributed by atoms with van der Waals surface area (Å²) in [4.78, 5) is 14.6. The first-order valence-corrected chi connectivity index (χ1v) is 11.1. The number of carbonyl (C=O) groups excluding carboxylic acids is 1. The first-order valence-electron chi connectivity index (χ1n) is 9.45. The molecule has 0 N–H and O–H groups in total. The van der Waals surface area contributed by atoms with Crippen LogP contribution in [0.15, 0.2) is 0 Å². The molecule has 3 rings (SSSR count). The summed E-state index contributed by atoms with van der Waals surface area (Å²) in [5.41, 5.74) is 0.